The first-order valence-corrected chi connectivity index (χ1v) is 14.6. The van der Waals surface area contributed by atoms with Gasteiger partial charge in [-0.2, -0.15) is 5.26 Å². The summed E-state index contributed by atoms with van der Waals surface area (Å²) in [7, 11) is 0. The van der Waals surface area contributed by atoms with E-state index < -0.39 is 0 Å². The van der Waals surface area contributed by atoms with Gasteiger partial charge in [0.1, 0.15) is 21.8 Å². The molecule has 2 saturated heterocycles. The van der Waals surface area contributed by atoms with Crippen molar-refractivity contribution in [3.8, 4) is 6.07 Å². The lowest BCUT2D eigenvalue weighted by Gasteiger charge is -2.38. The third-order valence-electron chi connectivity index (χ3n) is 7.46. The third kappa shape index (κ3) is 5.89. The fourth-order valence-electron chi connectivity index (χ4n) is 5.58. The van der Waals surface area contributed by atoms with Crippen molar-refractivity contribution in [3.63, 3.8) is 0 Å². The number of thiocarbonyl (C=S) groups is 1. The molecule has 196 valence electrons. The Morgan fingerprint density at radius 1 is 1.19 bits per heavy atom. The van der Waals surface area contributed by atoms with Crippen molar-refractivity contribution in [1.82, 2.24) is 9.47 Å². The maximum absolute atomic E-state index is 13.5. The average Bonchev–Trinajstić information content (AvgIpc) is 3.09. The van der Waals surface area contributed by atoms with E-state index in [4.69, 9.17) is 12.2 Å². The Morgan fingerprint density at radius 3 is 2.42 bits per heavy atom. The molecule has 2 aliphatic heterocycles. The minimum atomic E-state index is -0.259. The molecule has 0 aromatic carbocycles. The Kier molecular flexibility index (Phi) is 9.82. The van der Waals surface area contributed by atoms with Gasteiger partial charge in [-0.25, -0.2) is 0 Å². The SMILES string of the molecule is CCCCC(CC)CN1C(=O)/C(=C/c2c(C)c(C#N)c(=O)n(CC)c2N2CC(C)CC(C)C2)SC1=S. The number of unbranched alkanes of at least 4 members (excludes halogenated alkanes) is 1. The molecule has 1 amide bonds. The number of nitriles is 1. The smallest absolute Gasteiger partial charge is 0.270 e. The number of rotatable bonds is 9. The first-order valence-electron chi connectivity index (χ1n) is 13.3. The molecule has 3 atom stereocenters. The molecule has 2 aliphatic rings. The molecule has 0 saturated carbocycles. The van der Waals surface area contributed by atoms with Crippen LogP contribution in [0.15, 0.2) is 9.70 Å². The first kappa shape index (κ1) is 28.5. The van der Waals surface area contributed by atoms with Gasteiger partial charge < -0.3 is 4.90 Å². The van der Waals surface area contributed by atoms with Crippen molar-refractivity contribution in [1.29, 1.82) is 5.26 Å². The van der Waals surface area contributed by atoms with E-state index in [1.54, 1.807) is 9.47 Å². The number of thioether (sulfide) groups is 1. The number of carbonyl (C=O) groups is 1. The summed E-state index contributed by atoms with van der Waals surface area (Å²) in [5, 5.41) is 9.82. The molecule has 0 radical (unpaired) electrons. The van der Waals surface area contributed by atoms with Crippen LogP contribution in [0, 0.1) is 36.0 Å². The molecule has 6 nitrogen and oxygen atoms in total. The van der Waals surface area contributed by atoms with Crippen LogP contribution in [0.2, 0.25) is 0 Å². The van der Waals surface area contributed by atoms with E-state index in [9.17, 15) is 14.9 Å². The van der Waals surface area contributed by atoms with Gasteiger partial charge in [0.05, 0.1) is 4.91 Å². The number of hydrogen-bond acceptors (Lipinski definition) is 6. The molecule has 0 bridgehead atoms. The second-order valence-corrected chi connectivity index (χ2v) is 12.1. The summed E-state index contributed by atoms with van der Waals surface area (Å²) in [5.41, 5.74) is 1.30. The Morgan fingerprint density at radius 2 is 1.86 bits per heavy atom. The molecule has 0 aliphatic carbocycles. The Labute approximate surface area is 225 Å². The predicted molar refractivity (Wildman–Crippen MR) is 154 cm³/mol. The van der Waals surface area contributed by atoms with Gasteiger partial charge in [-0.05, 0) is 56.1 Å². The van der Waals surface area contributed by atoms with Gasteiger partial charge in [0.2, 0.25) is 0 Å². The van der Waals surface area contributed by atoms with E-state index in [-0.39, 0.29) is 17.0 Å². The fraction of sp³-hybridized carbons (Fsp3) is 0.643. The highest BCUT2D eigenvalue weighted by Gasteiger charge is 2.35. The van der Waals surface area contributed by atoms with Gasteiger partial charge in [0, 0.05) is 31.7 Å². The molecular formula is C28H40N4O2S2. The van der Waals surface area contributed by atoms with Crippen LogP contribution < -0.4 is 10.5 Å². The minimum Gasteiger partial charge on any atom is -0.357 e. The quantitative estimate of drug-likeness (QED) is 0.291. The molecule has 0 N–H and O–H groups in total. The number of carbonyl (C=O) groups excluding carboxylic acids is 1. The predicted octanol–water partition coefficient (Wildman–Crippen LogP) is 5.95. The Hall–Kier alpha value is -2.11. The second-order valence-electron chi connectivity index (χ2n) is 10.5. The van der Waals surface area contributed by atoms with E-state index in [2.05, 4.69) is 38.7 Å². The summed E-state index contributed by atoms with van der Waals surface area (Å²) in [6.07, 6.45) is 7.41. The van der Waals surface area contributed by atoms with Crippen molar-refractivity contribution in [2.24, 2.45) is 17.8 Å². The summed E-state index contributed by atoms with van der Waals surface area (Å²) in [5.74, 6) is 2.15. The monoisotopic (exact) mass is 528 g/mol. The molecule has 3 rings (SSSR count). The maximum Gasteiger partial charge on any atom is 0.270 e. The maximum atomic E-state index is 13.5. The van der Waals surface area contributed by atoms with Crippen molar-refractivity contribution < 1.29 is 4.79 Å². The number of aromatic nitrogens is 1. The number of amides is 1. The van der Waals surface area contributed by atoms with Crippen molar-refractivity contribution in [2.45, 2.75) is 80.2 Å². The standard InChI is InChI=1S/C28H40N4O2S2/c1-7-10-11-21(8-2)17-32-27(34)24(36-28(32)35)13-22-20(6)23(14-29)26(33)31(9-3)25(22)30-15-18(4)12-19(5)16-30/h13,18-19,21H,7-12,15-17H2,1-6H3/b24-13-. The highest BCUT2D eigenvalue weighted by Crippen LogP contribution is 2.38. The van der Waals surface area contributed by atoms with Crippen molar-refractivity contribution in [3.05, 3.63) is 31.9 Å². The lowest BCUT2D eigenvalue weighted by molar-refractivity contribution is -0.122. The van der Waals surface area contributed by atoms with Crippen LogP contribution >= 0.6 is 24.0 Å². The molecule has 1 aromatic heterocycles. The van der Waals surface area contributed by atoms with Gasteiger partial charge in [-0.3, -0.25) is 19.1 Å². The number of piperidine rings is 1. The fourth-order valence-corrected chi connectivity index (χ4v) is 6.83. The van der Waals surface area contributed by atoms with Crippen LogP contribution in [-0.2, 0) is 11.3 Å². The van der Waals surface area contributed by atoms with Crippen LogP contribution in [0.4, 0.5) is 5.82 Å². The molecule has 3 heterocycles. The second kappa shape index (κ2) is 12.4. The number of pyridine rings is 1. The summed E-state index contributed by atoms with van der Waals surface area (Å²) in [6.45, 7) is 15.4. The molecule has 1 aromatic rings. The van der Waals surface area contributed by atoms with Crippen LogP contribution in [-0.4, -0.2) is 39.3 Å². The normalized spacial score (nSPS) is 22.4. The highest BCUT2D eigenvalue weighted by molar-refractivity contribution is 8.26. The van der Waals surface area contributed by atoms with Crippen LogP contribution in [0.5, 0.6) is 0 Å². The first-order chi connectivity index (χ1) is 17.2. The number of anilines is 1. The molecule has 8 heteroatoms. The van der Waals surface area contributed by atoms with E-state index in [0.29, 0.717) is 45.6 Å². The van der Waals surface area contributed by atoms with Gasteiger partial charge in [-0.15, -0.1) is 0 Å². The van der Waals surface area contributed by atoms with E-state index >= 15 is 0 Å². The van der Waals surface area contributed by atoms with E-state index in [1.165, 1.54) is 11.8 Å². The van der Waals surface area contributed by atoms with Crippen molar-refractivity contribution >= 4 is 46.1 Å². The van der Waals surface area contributed by atoms with Gasteiger partial charge in [0.15, 0.2) is 0 Å². The number of hydrogen-bond donors (Lipinski definition) is 0. The van der Waals surface area contributed by atoms with E-state index in [1.807, 2.05) is 19.9 Å². The van der Waals surface area contributed by atoms with Gasteiger partial charge >= 0.3 is 0 Å². The zero-order chi connectivity index (χ0) is 26.6. The minimum absolute atomic E-state index is 0.0709. The Balaban J connectivity index is 2.10. The van der Waals surface area contributed by atoms with Gasteiger partial charge in [0.25, 0.3) is 11.5 Å². The van der Waals surface area contributed by atoms with E-state index in [0.717, 1.165) is 56.6 Å². The molecule has 36 heavy (non-hydrogen) atoms. The van der Waals surface area contributed by atoms with Crippen LogP contribution in [0.1, 0.15) is 83.4 Å². The molecule has 0 spiro atoms. The largest absolute Gasteiger partial charge is 0.357 e. The lowest BCUT2D eigenvalue weighted by atomic mass is 9.91. The average molecular weight is 529 g/mol. The summed E-state index contributed by atoms with van der Waals surface area (Å²) < 4.78 is 2.30. The zero-order valence-electron chi connectivity index (χ0n) is 22.6. The lowest BCUT2D eigenvalue weighted by Crippen LogP contribution is -2.42. The van der Waals surface area contributed by atoms with Gasteiger partial charge in [-0.1, -0.05) is 70.9 Å². The summed E-state index contributed by atoms with van der Waals surface area (Å²) in [6, 6.07) is 2.12. The molecule has 3 unspecified atom stereocenters. The Bertz CT molecular complexity index is 1120. The topological polar surface area (TPSA) is 69.3 Å². The highest BCUT2D eigenvalue weighted by atomic mass is 32.2. The van der Waals surface area contributed by atoms with Crippen LogP contribution in [0.25, 0.3) is 6.08 Å². The van der Waals surface area contributed by atoms with Crippen LogP contribution in [0.3, 0.4) is 0 Å². The summed E-state index contributed by atoms with van der Waals surface area (Å²) >= 11 is 6.97. The third-order valence-corrected chi connectivity index (χ3v) is 8.84. The molecular weight excluding hydrogens is 488 g/mol. The van der Waals surface area contributed by atoms with Crippen molar-refractivity contribution in [2.75, 3.05) is 24.5 Å². The zero-order valence-corrected chi connectivity index (χ0v) is 24.2. The number of nitrogens with zero attached hydrogens (tertiary/aromatic N) is 4. The molecule has 2 fully saturated rings. The summed E-state index contributed by atoms with van der Waals surface area (Å²) in [4.78, 5) is 31.4.